The molecule has 0 radical (unpaired) electrons. The second-order valence-electron chi connectivity index (χ2n) is 5.59. The topological polar surface area (TPSA) is 32.3 Å². The van der Waals surface area contributed by atoms with Crippen molar-refractivity contribution in [3.05, 3.63) is 0 Å². The molecule has 0 bridgehead atoms. The van der Waals surface area contributed by atoms with Crippen LogP contribution < -0.4 is 5.32 Å². The first-order chi connectivity index (χ1) is 8.32. The van der Waals surface area contributed by atoms with Crippen LogP contribution in [0.25, 0.3) is 0 Å². The Morgan fingerprint density at radius 3 is 2.33 bits per heavy atom. The first-order valence-corrected chi connectivity index (χ1v) is 6.40. The van der Waals surface area contributed by atoms with Gasteiger partial charge in [-0.2, -0.15) is 13.2 Å². The van der Waals surface area contributed by atoms with E-state index in [9.17, 15) is 18.0 Å². The Hall–Kier alpha value is -0.780. The molecule has 0 spiro atoms. The summed E-state index contributed by atoms with van der Waals surface area (Å²) < 4.78 is 37.6. The van der Waals surface area contributed by atoms with Crippen molar-refractivity contribution in [1.29, 1.82) is 0 Å². The van der Waals surface area contributed by atoms with Gasteiger partial charge in [0, 0.05) is 11.5 Å². The molecular formula is C12H19F3N2O. The number of nitrogens with zero attached hydrogens (tertiary/aromatic N) is 1. The third-order valence-corrected chi connectivity index (χ3v) is 3.82. The summed E-state index contributed by atoms with van der Waals surface area (Å²) in [7, 11) is 0. The van der Waals surface area contributed by atoms with Gasteiger partial charge < -0.3 is 10.2 Å². The Balaban J connectivity index is 2.07. The number of nitrogens with one attached hydrogen (secondary N) is 1. The molecule has 0 aromatic rings. The highest BCUT2D eigenvalue weighted by Gasteiger charge is 2.46. The summed E-state index contributed by atoms with van der Waals surface area (Å²) >= 11 is 0. The lowest BCUT2D eigenvalue weighted by atomic mass is 9.79. The van der Waals surface area contributed by atoms with Crippen LogP contribution in [0.15, 0.2) is 0 Å². The predicted octanol–water partition coefficient (Wildman–Crippen LogP) is 1.93. The summed E-state index contributed by atoms with van der Waals surface area (Å²) in [6.45, 7) is 2.10. The molecule has 1 heterocycles. The highest BCUT2D eigenvalue weighted by atomic mass is 19.4. The maximum Gasteiger partial charge on any atom is 0.406 e. The third-order valence-electron chi connectivity index (χ3n) is 3.82. The Morgan fingerprint density at radius 2 is 1.89 bits per heavy atom. The molecule has 18 heavy (non-hydrogen) atoms. The van der Waals surface area contributed by atoms with Crippen molar-refractivity contribution >= 4 is 5.91 Å². The lowest BCUT2D eigenvalue weighted by molar-refractivity contribution is -0.169. The molecule has 1 aliphatic heterocycles. The van der Waals surface area contributed by atoms with Crippen molar-refractivity contribution in [3.63, 3.8) is 0 Å². The number of amides is 1. The maximum atomic E-state index is 12.5. The number of piperidine rings is 1. The van der Waals surface area contributed by atoms with Crippen molar-refractivity contribution in [3.8, 4) is 0 Å². The van der Waals surface area contributed by atoms with E-state index in [1.165, 1.54) is 0 Å². The van der Waals surface area contributed by atoms with E-state index in [0.717, 1.165) is 4.90 Å². The zero-order chi connectivity index (χ0) is 13.4. The summed E-state index contributed by atoms with van der Waals surface area (Å²) in [5.74, 6) is -0.316. The van der Waals surface area contributed by atoms with Crippen LogP contribution in [0.1, 0.15) is 32.6 Å². The van der Waals surface area contributed by atoms with Crippen LogP contribution in [-0.2, 0) is 4.79 Å². The van der Waals surface area contributed by atoms with Crippen LogP contribution in [0.2, 0.25) is 0 Å². The van der Waals surface area contributed by atoms with Gasteiger partial charge in [0.15, 0.2) is 0 Å². The van der Waals surface area contributed by atoms with E-state index in [2.05, 4.69) is 5.32 Å². The van der Waals surface area contributed by atoms with Gasteiger partial charge in [0.05, 0.1) is 0 Å². The van der Waals surface area contributed by atoms with E-state index in [1.54, 1.807) is 6.92 Å². The van der Waals surface area contributed by atoms with Crippen molar-refractivity contribution < 1.29 is 18.0 Å². The number of halogens is 3. The van der Waals surface area contributed by atoms with Crippen LogP contribution in [0, 0.1) is 5.41 Å². The average molecular weight is 264 g/mol. The first-order valence-electron chi connectivity index (χ1n) is 6.40. The number of carbonyl (C=O) groups excluding carboxylic acids is 1. The minimum absolute atomic E-state index is 0.189. The summed E-state index contributed by atoms with van der Waals surface area (Å²) in [6, 6.07) is -0.189. The van der Waals surface area contributed by atoms with Crippen LogP contribution in [-0.4, -0.2) is 42.7 Å². The minimum Gasteiger partial charge on any atom is -0.330 e. The van der Waals surface area contributed by atoms with Gasteiger partial charge in [-0.25, -0.2) is 0 Å². The molecule has 1 aliphatic carbocycles. The van der Waals surface area contributed by atoms with Gasteiger partial charge in [0.2, 0.25) is 5.91 Å². The molecule has 1 N–H and O–H groups in total. The van der Waals surface area contributed by atoms with Gasteiger partial charge >= 0.3 is 6.18 Å². The van der Waals surface area contributed by atoms with E-state index in [-0.39, 0.29) is 11.9 Å². The highest BCUT2D eigenvalue weighted by molar-refractivity contribution is 5.83. The van der Waals surface area contributed by atoms with Gasteiger partial charge in [-0.05, 0) is 38.8 Å². The Morgan fingerprint density at radius 1 is 1.33 bits per heavy atom. The average Bonchev–Trinajstić information content (AvgIpc) is 3.08. The Bertz CT molecular complexity index is 320. The summed E-state index contributed by atoms with van der Waals surface area (Å²) in [4.78, 5) is 13.4. The summed E-state index contributed by atoms with van der Waals surface area (Å²) in [5, 5.41) is 3.13. The zero-order valence-corrected chi connectivity index (χ0v) is 10.5. The number of hydrogen-bond donors (Lipinski definition) is 1. The SMILES string of the molecule is CC1(C(=O)N(CC(F)(F)F)C2CC2)CCNCC1. The second kappa shape index (κ2) is 4.72. The predicted molar refractivity (Wildman–Crippen MR) is 61.0 cm³/mol. The fourth-order valence-electron chi connectivity index (χ4n) is 2.49. The van der Waals surface area contributed by atoms with Crippen molar-refractivity contribution in [2.75, 3.05) is 19.6 Å². The van der Waals surface area contributed by atoms with E-state index in [0.29, 0.717) is 38.8 Å². The molecule has 1 amide bonds. The standard InChI is InChI=1S/C12H19F3N2O/c1-11(4-6-16-7-5-11)10(18)17(9-2-3-9)8-12(13,14)15/h9,16H,2-8H2,1H3. The monoisotopic (exact) mass is 264 g/mol. The summed E-state index contributed by atoms with van der Waals surface area (Å²) in [6.07, 6.45) is -1.66. The highest BCUT2D eigenvalue weighted by Crippen LogP contribution is 2.37. The number of alkyl halides is 3. The normalized spacial score (nSPS) is 23.8. The molecule has 3 nitrogen and oxygen atoms in total. The van der Waals surface area contributed by atoms with Crippen molar-refractivity contribution in [1.82, 2.24) is 10.2 Å². The lowest BCUT2D eigenvalue weighted by Gasteiger charge is -2.37. The molecule has 2 rings (SSSR count). The van der Waals surface area contributed by atoms with Gasteiger partial charge in [0.1, 0.15) is 6.54 Å². The quantitative estimate of drug-likeness (QED) is 0.844. The van der Waals surface area contributed by atoms with Crippen LogP contribution in [0.4, 0.5) is 13.2 Å². The van der Waals surface area contributed by atoms with E-state index >= 15 is 0 Å². The summed E-state index contributed by atoms with van der Waals surface area (Å²) in [5.41, 5.74) is -0.626. The fraction of sp³-hybridized carbons (Fsp3) is 0.917. The van der Waals surface area contributed by atoms with Crippen LogP contribution in [0.5, 0.6) is 0 Å². The lowest BCUT2D eigenvalue weighted by Crippen LogP contribution is -2.51. The second-order valence-corrected chi connectivity index (χ2v) is 5.59. The van der Waals surface area contributed by atoms with Crippen LogP contribution in [0.3, 0.4) is 0 Å². The molecule has 104 valence electrons. The first kappa shape index (κ1) is 13.6. The van der Waals surface area contributed by atoms with Gasteiger partial charge in [-0.15, -0.1) is 0 Å². The molecule has 0 aromatic heterocycles. The number of rotatable bonds is 3. The van der Waals surface area contributed by atoms with Gasteiger partial charge in [0.25, 0.3) is 0 Å². The smallest absolute Gasteiger partial charge is 0.330 e. The third kappa shape index (κ3) is 3.16. The van der Waals surface area contributed by atoms with E-state index in [1.807, 2.05) is 0 Å². The van der Waals surface area contributed by atoms with Crippen LogP contribution >= 0.6 is 0 Å². The molecule has 0 unspecified atom stereocenters. The molecule has 2 aliphatic rings. The molecule has 0 aromatic carbocycles. The molecule has 2 fully saturated rings. The fourth-order valence-corrected chi connectivity index (χ4v) is 2.49. The largest absolute Gasteiger partial charge is 0.406 e. The Kier molecular flexibility index (Phi) is 3.58. The van der Waals surface area contributed by atoms with Gasteiger partial charge in [-0.1, -0.05) is 6.92 Å². The van der Waals surface area contributed by atoms with Gasteiger partial charge in [-0.3, -0.25) is 4.79 Å². The molecule has 6 heteroatoms. The van der Waals surface area contributed by atoms with Crippen molar-refractivity contribution in [2.45, 2.75) is 44.8 Å². The minimum atomic E-state index is -4.30. The molecule has 0 atom stereocenters. The van der Waals surface area contributed by atoms with E-state index in [4.69, 9.17) is 0 Å². The number of carbonyl (C=O) groups is 1. The molecular weight excluding hydrogens is 245 g/mol. The Labute approximate surface area is 105 Å². The van der Waals surface area contributed by atoms with Crippen molar-refractivity contribution in [2.24, 2.45) is 5.41 Å². The number of hydrogen-bond acceptors (Lipinski definition) is 2. The molecule has 1 saturated heterocycles. The maximum absolute atomic E-state index is 12.5. The van der Waals surface area contributed by atoms with E-state index < -0.39 is 18.1 Å². The zero-order valence-electron chi connectivity index (χ0n) is 10.5. The molecule has 1 saturated carbocycles.